The van der Waals surface area contributed by atoms with Crippen LogP contribution < -0.4 is 69.7 Å². The van der Waals surface area contributed by atoms with E-state index in [1.54, 1.807) is 13.8 Å². The minimum atomic E-state index is -0.765. The van der Waals surface area contributed by atoms with E-state index < -0.39 is 41.2 Å². The molecule has 17 nitrogen and oxygen atoms in total. The molecule has 0 spiro atoms. The number of nitrogens with zero attached hydrogens (tertiary/aromatic N) is 4. The predicted octanol–water partition coefficient (Wildman–Crippen LogP) is 5.34. The van der Waals surface area contributed by atoms with Gasteiger partial charge in [0.1, 0.15) is 12.2 Å². The molecule has 5 N–H and O–H groups in total. The molecule has 0 radical (unpaired) electrons. The fourth-order valence-corrected chi connectivity index (χ4v) is 8.01. The van der Waals surface area contributed by atoms with Crippen molar-refractivity contribution in [2.75, 3.05) is 10.6 Å². The van der Waals surface area contributed by atoms with Crippen LogP contribution in [-0.4, -0.2) is 61.1 Å². The number of hydrogen-bond donors (Lipinski definition) is 3. The van der Waals surface area contributed by atoms with Crippen LogP contribution in [0, 0.1) is 0 Å². The van der Waals surface area contributed by atoms with Gasteiger partial charge in [-0.3, -0.25) is 21.7 Å². The Morgan fingerprint density at radius 3 is 1.19 bits per heavy atom. The number of nitrogens with one attached hydrogen (secondary N) is 2. The van der Waals surface area contributed by atoms with E-state index in [4.69, 9.17) is 18.7 Å². The predicted molar refractivity (Wildman–Crippen MR) is 259 cm³/mol. The summed E-state index contributed by atoms with van der Waals surface area (Å²) in [6, 6.07) is 49.7. The molecule has 2 aliphatic rings. The zero-order chi connectivity index (χ0) is 48.0. The van der Waals surface area contributed by atoms with E-state index in [2.05, 4.69) is 37.5 Å². The first-order chi connectivity index (χ1) is 33.5. The van der Waals surface area contributed by atoms with E-state index in [1.165, 1.54) is 0 Å². The Labute approximate surface area is 464 Å². The van der Waals surface area contributed by atoms with Gasteiger partial charge in [0, 0.05) is 11.1 Å². The summed E-state index contributed by atoms with van der Waals surface area (Å²) in [7, 11) is 0. The fourth-order valence-electron chi connectivity index (χ4n) is 8.01. The first kappa shape index (κ1) is 57.1. The van der Waals surface area contributed by atoms with Crippen LogP contribution >= 0.6 is 0 Å². The van der Waals surface area contributed by atoms with Crippen LogP contribution in [0.1, 0.15) is 74.0 Å². The number of carbonyl (C=O) groups is 3. The molecule has 19 heteroatoms. The minimum Gasteiger partial charge on any atom is -0.870 e. The Hall–Kier alpha value is -6.80. The summed E-state index contributed by atoms with van der Waals surface area (Å²) in [4.78, 5) is 47.5. The Morgan fingerprint density at radius 2 is 0.863 bits per heavy atom. The summed E-state index contributed by atoms with van der Waals surface area (Å²) in [6.07, 6.45) is 3.10. The monoisotopic (exact) mass is 1000 g/mol. The zero-order valence-electron chi connectivity index (χ0n) is 40.4. The Bertz CT molecular complexity index is 3080. The van der Waals surface area contributed by atoms with Crippen molar-refractivity contribution in [3.05, 3.63) is 180 Å². The first-order valence-corrected chi connectivity index (χ1v) is 22.3. The van der Waals surface area contributed by atoms with Crippen molar-refractivity contribution in [1.82, 2.24) is 20.6 Å². The van der Waals surface area contributed by atoms with Gasteiger partial charge in [0.05, 0.1) is 5.41 Å². The second-order valence-corrected chi connectivity index (χ2v) is 17.0. The van der Waals surface area contributed by atoms with Gasteiger partial charge in [-0.2, -0.15) is 0 Å². The molecular formula is C54H47N6Na2O11-. The van der Waals surface area contributed by atoms with Gasteiger partial charge in [0.2, 0.25) is 11.6 Å². The molecule has 2 fully saturated rings. The number of carbonyl (C=O) groups excluding carboxylic acids is 3. The van der Waals surface area contributed by atoms with Crippen LogP contribution in [0.5, 0.6) is 0 Å². The number of amides is 2. The van der Waals surface area contributed by atoms with E-state index in [-0.39, 0.29) is 81.7 Å². The molecule has 0 saturated heterocycles. The van der Waals surface area contributed by atoms with Gasteiger partial charge >= 0.3 is 77.3 Å². The van der Waals surface area contributed by atoms with Crippen LogP contribution in [0.2, 0.25) is 0 Å². The van der Waals surface area contributed by atoms with Crippen molar-refractivity contribution in [2.24, 2.45) is 0 Å². The molecule has 0 unspecified atom stereocenters. The number of rotatable bonds is 14. The van der Waals surface area contributed by atoms with Crippen molar-refractivity contribution in [1.29, 1.82) is 0 Å². The van der Waals surface area contributed by atoms with E-state index in [1.807, 2.05) is 158 Å². The summed E-state index contributed by atoms with van der Waals surface area (Å²) < 4.78 is 20.6. The molecule has 2 atom stereocenters. The van der Waals surface area contributed by atoms with Gasteiger partial charge in [-0.1, -0.05) is 176 Å². The third-order valence-corrected chi connectivity index (χ3v) is 12.5. The Kier molecular flexibility index (Phi) is 19.7. The van der Waals surface area contributed by atoms with Crippen LogP contribution in [0.3, 0.4) is 0 Å². The fraction of sp³-hybridized carbons (Fsp3) is 0.185. The molecule has 0 bridgehead atoms. The largest absolute Gasteiger partial charge is 1.00 e. The zero-order valence-corrected chi connectivity index (χ0v) is 44.4. The van der Waals surface area contributed by atoms with Crippen molar-refractivity contribution in [2.45, 2.75) is 62.6 Å². The quantitative estimate of drug-likeness (QED) is 0.0917. The summed E-state index contributed by atoms with van der Waals surface area (Å²) in [5.74, 6) is -0.420. The average molecular weight is 1000 g/mol. The molecule has 6 aromatic carbocycles. The molecule has 2 heterocycles. The maximum absolute atomic E-state index is 12.4. The number of carboxylic acid groups (broad SMARTS) is 1. The molecule has 2 aliphatic carbocycles. The van der Waals surface area contributed by atoms with Crippen molar-refractivity contribution < 1.29 is 113 Å². The maximum atomic E-state index is 12.4. The number of carboxylic acids is 1. The minimum absolute atomic E-state index is 0. The maximum Gasteiger partial charge on any atom is 1.00 e. The van der Waals surface area contributed by atoms with Gasteiger partial charge in [0.15, 0.2) is 11.4 Å². The molecule has 8 aromatic rings. The van der Waals surface area contributed by atoms with E-state index in [0.717, 1.165) is 62.9 Å². The topological polar surface area (TPSA) is 269 Å². The van der Waals surface area contributed by atoms with Gasteiger partial charge in [0.25, 0.3) is 0 Å². The Balaban J connectivity index is 0.000000257. The van der Waals surface area contributed by atoms with Gasteiger partial charge in [-0.15, -0.1) is 5.41 Å². The molecule has 362 valence electrons. The molecule has 2 aromatic heterocycles. The molecule has 2 saturated carbocycles. The number of anilines is 2. The molecule has 2 amide bonds. The van der Waals surface area contributed by atoms with Gasteiger partial charge < -0.3 is 30.3 Å². The molecule has 0 aliphatic heterocycles. The van der Waals surface area contributed by atoms with Gasteiger partial charge in [-0.05, 0) is 86.3 Å². The summed E-state index contributed by atoms with van der Waals surface area (Å²) in [5.41, 5.74) is 8.71. The summed E-state index contributed by atoms with van der Waals surface area (Å²) >= 11 is 0. The molecular weight excluding hydrogens is 955 g/mol. The standard InChI is InChI=1S/C27H23N3O5.C27H22N3O4.2Na.2H2O/c1-17(18-5-3-2-4-6-18)34-26(33)28-24-23(29-35-30-24)21-9-7-19(8-10-21)20-11-13-22(14-12-20)27(15-16-27)25(31)32;1-18(19-5-3-2-4-6-19)33-26(32)28-25-24(29-34-30-25)22-9-7-20(8-10-22)21-11-13-23(14-12-21)27(17-31)15-16-27;;;;/h2-14,17H,15-16H2,1H3,(H,31,32)(H,28,30,33);2-14,18H,15-16H2,1H3,(H,28,30,32);;;2*1H2/q;-1;2*+1;;/p-2/t17-;18-;;;;/m11..../s1. The number of aliphatic carboxylic acids is 1. The van der Waals surface area contributed by atoms with Crippen LogP contribution in [0.4, 0.5) is 21.2 Å². The van der Waals surface area contributed by atoms with E-state index >= 15 is 0 Å². The van der Waals surface area contributed by atoms with Crippen molar-refractivity contribution in [3.8, 4) is 44.8 Å². The average Bonchev–Trinajstić information content (AvgIpc) is 4.29. The normalized spacial score (nSPS) is 13.9. The first-order valence-electron chi connectivity index (χ1n) is 22.3. The second-order valence-electron chi connectivity index (χ2n) is 17.0. The second kappa shape index (κ2) is 25.2. The number of ether oxygens (including phenoxy) is 2. The van der Waals surface area contributed by atoms with Crippen LogP contribution in [0.15, 0.2) is 167 Å². The van der Waals surface area contributed by atoms with E-state index in [9.17, 15) is 24.3 Å². The molecule has 73 heavy (non-hydrogen) atoms. The smallest absolute Gasteiger partial charge is 0.870 e. The van der Waals surface area contributed by atoms with Crippen molar-refractivity contribution in [3.63, 3.8) is 0 Å². The number of benzene rings is 6. The molecule has 10 rings (SSSR count). The number of hydrogen-bond acceptors (Lipinski definition) is 14. The SMILES string of the molecule is C[C@@H](OC(=O)Nc1nonc1-c1ccc(-c2ccc(C3(C(=O)O)CC3)cc2)cc1)c1ccccc1.C[C@@H](OC(=O)Nc1nonc1-c1ccc(-c2ccc(C3([C-]=O)CC3)cc2)cc1)c1ccccc1.[Na+].[Na+].[OH-].[OH-]. The van der Waals surface area contributed by atoms with Crippen LogP contribution in [-0.2, 0) is 29.9 Å². The van der Waals surface area contributed by atoms with Crippen molar-refractivity contribution >= 4 is 36.1 Å². The van der Waals surface area contributed by atoms with Gasteiger partial charge in [-0.25, -0.2) is 18.8 Å². The third-order valence-electron chi connectivity index (χ3n) is 12.5. The third kappa shape index (κ3) is 13.2. The van der Waals surface area contributed by atoms with E-state index in [0.29, 0.717) is 29.8 Å². The Morgan fingerprint density at radius 1 is 0.521 bits per heavy atom. The number of aromatic nitrogens is 4. The summed E-state index contributed by atoms with van der Waals surface area (Å²) in [5, 5.41) is 30.2. The van der Waals surface area contributed by atoms with Crippen LogP contribution in [0.25, 0.3) is 44.8 Å². The summed E-state index contributed by atoms with van der Waals surface area (Å²) in [6.45, 7) is 3.58.